The minimum absolute atomic E-state index is 0.473. The summed E-state index contributed by atoms with van der Waals surface area (Å²) < 4.78 is 12.4. The van der Waals surface area contributed by atoms with E-state index in [0.29, 0.717) is 23.6 Å². The minimum atomic E-state index is -0.729. The third-order valence-corrected chi connectivity index (χ3v) is 19.0. The normalized spacial score (nSPS) is 13.1. The van der Waals surface area contributed by atoms with Gasteiger partial charge in [0.15, 0.2) is 0 Å². The SMILES string of the molecule is c1ccc(-c2nnc(-c3ccc(-c4ccc5c(c4)C(c4ccccc4)(c4ccccc4)c4cc(-c6nc7ccccc7nc6-c6ccc7c(c6)C(c6ccccc6)(c6ccccc6)c6cc(-c8ccc(-c9nnc(-c%10ccccc%10)o9)cc8)ccc6-7)ccc4-5)cc3)o2)cc1. The molecule has 0 unspecified atom stereocenters. The van der Waals surface area contributed by atoms with E-state index in [-0.39, 0.29) is 0 Å². The Morgan fingerprint density at radius 3 is 0.745 bits per heavy atom. The minimum Gasteiger partial charge on any atom is -0.416 e. The summed E-state index contributed by atoms with van der Waals surface area (Å²) in [6.07, 6.45) is 0. The van der Waals surface area contributed by atoms with E-state index in [2.05, 4.69) is 275 Å². The highest BCUT2D eigenvalue weighted by molar-refractivity contribution is 5.95. The molecule has 3 heterocycles. The molecule has 0 amide bonds. The predicted molar refractivity (Wildman–Crippen MR) is 373 cm³/mol. The fourth-order valence-electron chi connectivity index (χ4n) is 14.7. The molecule has 2 aliphatic rings. The van der Waals surface area contributed by atoms with Crippen LogP contribution in [0.3, 0.4) is 0 Å². The Morgan fingerprint density at radius 1 is 0.202 bits per heavy atom. The maximum atomic E-state index is 6.19. The molecule has 8 heteroatoms. The van der Waals surface area contributed by atoms with Crippen molar-refractivity contribution in [1.82, 2.24) is 30.4 Å². The first-order valence-electron chi connectivity index (χ1n) is 31.6. The molecule has 94 heavy (non-hydrogen) atoms. The highest BCUT2D eigenvalue weighted by Gasteiger charge is 2.48. The first-order chi connectivity index (χ1) is 46.6. The van der Waals surface area contributed by atoms with Crippen LogP contribution in [0.4, 0.5) is 0 Å². The standard InChI is InChI=1S/C86H54N6O2/c1-7-21-57(22-8-1)81-89-91-83(93-81)59-39-35-55(36-40-59)61-43-47-69-71-49-45-63(53-75(71)85(73(69)51-61,65-25-11-3-12-26-65)66-27-13-4-14-28-66)79-80(88-78-34-20-19-33-77(78)87-79)64-46-50-72-70-48-44-62(56-37-41-60(42-38-56)84-92-90-82(94-84)58-23-9-2-10-24-58)52-74(70)86(76(72)54-64,67-29-15-5-16-30-67)68-31-17-6-18-32-68/h1-54H. The van der Waals surface area contributed by atoms with Crippen molar-refractivity contribution in [3.05, 3.63) is 372 Å². The van der Waals surface area contributed by atoms with Crippen LogP contribution >= 0.6 is 0 Å². The second-order valence-electron chi connectivity index (χ2n) is 24.1. The van der Waals surface area contributed by atoms with Crippen molar-refractivity contribution in [2.24, 2.45) is 0 Å². The van der Waals surface area contributed by atoms with Gasteiger partial charge in [-0.15, -0.1) is 20.4 Å². The van der Waals surface area contributed by atoms with Crippen molar-refractivity contribution in [2.75, 3.05) is 0 Å². The van der Waals surface area contributed by atoms with E-state index in [0.717, 1.165) is 78.1 Å². The highest BCUT2D eigenvalue weighted by Crippen LogP contribution is 2.60. The fraction of sp³-hybridized carbons (Fsp3) is 0.0233. The van der Waals surface area contributed by atoms with E-state index in [1.165, 1.54) is 66.8 Å². The summed E-state index contributed by atoms with van der Waals surface area (Å²) >= 11 is 0. The maximum Gasteiger partial charge on any atom is 0.248 e. The van der Waals surface area contributed by atoms with Crippen LogP contribution in [-0.2, 0) is 10.8 Å². The number of hydrogen-bond donors (Lipinski definition) is 0. The summed E-state index contributed by atoms with van der Waals surface area (Å²) in [5.41, 5.74) is 25.6. The van der Waals surface area contributed by atoms with E-state index >= 15 is 0 Å². The predicted octanol–water partition coefficient (Wildman–Crippen LogP) is 20.5. The quantitative estimate of drug-likeness (QED) is 0.119. The lowest BCUT2D eigenvalue weighted by Crippen LogP contribution is -2.28. The molecule has 3 aromatic heterocycles. The maximum absolute atomic E-state index is 6.19. The summed E-state index contributed by atoms with van der Waals surface area (Å²) in [5, 5.41) is 17.6. The molecular weight excluding hydrogens is 1150 g/mol. The van der Waals surface area contributed by atoms with E-state index in [1.54, 1.807) is 0 Å². The lowest BCUT2D eigenvalue weighted by molar-refractivity contribution is 0.584. The van der Waals surface area contributed by atoms with Crippen LogP contribution in [0.2, 0.25) is 0 Å². The number of aromatic nitrogens is 6. The monoisotopic (exact) mass is 1200 g/mol. The Bertz CT molecular complexity index is 5100. The molecule has 2 aliphatic carbocycles. The van der Waals surface area contributed by atoms with Gasteiger partial charge in [-0.3, -0.25) is 0 Å². The molecule has 0 radical (unpaired) electrons. The smallest absolute Gasteiger partial charge is 0.248 e. The van der Waals surface area contributed by atoms with E-state index in [4.69, 9.17) is 18.8 Å². The largest absolute Gasteiger partial charge is 0.416 e. The fourth-order valence-corrected chi connectivity index (χ4v) is 14.7. The first kappa shape index (κ1) is 54.4. The number of benzene rings is 13. The first-order valence-corrected chi connectivity index (χ1v) is 31.6. The Hall–Kier alpha value is -12.5. The molecule has 440 valence electrons. The summed E-state index contributed by atoms with van der Waals surface area (Å²) in [5.74, 6) is 1.92. The lowest BCUT2D eigenvalue weighted by atomic mass is 9.67. The summed E-state index contributed by atoms with van der Waals surface area (Å²) in [7, 11) is 0. The van der Waals surface area contributed by atoms with E-state index < -0.39 is 10.8 Å². The van der Waals surface area contributed by atoms with Gasteiger partial charge >= 0.3 is 0 Å². The van der Waals surface area contributed by atoms with Crippen molar-refractivity contribution >= 4 is 11.0 Å². The zero-order valence-corrected chi connectivity index (χ0v) is 50.7. The molecule has 16 aromatic rings. The van der Waals surface area contributed by atoms with Gasteiger partial charge in [-0.05, 0) is 174 Å². The van der Waals surface area contributed by atoms with Gasteiger partial charge < -0.3 is 8.83 Å². The van der Waals surface area contributed by atoms with Gasteiger partial charge in [-0.2, -0.15) is 0 Å². The van der Waals surface area contributed by atoms with Crippen molar-refractivity contribution < 1.29 is 8.83 Å². The summed E-state index contributed by atoms with van der Waals surface area (Å²) in [4.78, 5) is 11.3. The zero-order chi connectivity index (χ0) is 62.2. The summed E-state index contributed by atoms with van der Waals surface area (Å²) in [6, 6.07) is 117. The van der Waals surface area contributed by atoms with Crippen LogP contribution in [0.1, 0.15) is 44.5 Å². The zero-order valence-electron chi connectivity index (χ0n) is 50.7. The van der Waals surface area contributed by atoms with Gasteiger partial charge in [0.25, 0.3) is 0 Å². The second kappa shape index (κ2) is 22.2. The Balaban J connectivity index is 0.779. The molecule has 0 aliphatic heterocycles. The van der Waals surface area contributed by atoms with E-state index in [1.807, 2.05) is 72.8 Å². The molecule has 0 N–H and O–H groups in total. The molecule has 8 nitrogen and oxygen atoms in total. The number of fused-ring (bicyclic) bond motifs is 7. The molecule has 0 bridgehead atoms. The Morgan fingerprint density at radius 2 is 0.436 bits per heavy atom. The van der Waals surface area contributed by atoms with Crippen LogP contribution in [0.5, 0.6) is 0 Å². The van der Waals surface area contributed by atoms with Crippen molar-refractivity contribution in [3.63, 3.8) is 0 Å². The summed E-state index contributed by atoms with van der Waals surface area (Å²) in [6.45, 7) is 0. The van der Waals surface area contributed by atoms with Crippen molar-refractivity contribution in [2.45, 2.75) is 10.8 Å². The molecule has 0 saturated carbocycles. The Kier molecular flexibility index (Phi) is 12.8. The molecular formula is C86H54N6O2. The van der Waals surface area contributed by atoms with Gasteiger partial charge in [0.2, 0.25) is 23.6 Å². The average Bonchev–Trinajstić information content (AvgIpc) is 1.53. The van der Waals surface area contributed by atoms with Crippen LogP contribution in [0.15, 0.2) is 336 Å². The highest BCUT2D eigenvalue weighted by atomic mass is 16.4. The number of para-hydroxylation sites is 2. The van der Waals surface area contributed by atoms with E-state index in [9.17, 15) is 0 Å². The van der Waals surface area contributed by atoms with Gasteiger partial charge in [0, 0.05) is 33.4 Å². The van der Waals surface area contributed by atoms with Crippen LogP contribution in [0, 0.1) is 0 Å². The number of hydrogen-bond acceptors (Lipinski definition) is 8. The second-order valence-corrected chi connectivity index (χ2v) is 24.1. The topological polar surface area (TPSA) is 104 Å². The van der Waals surface area contributed by atoms with Crippen LogP contribution in [-0.4, -0.2) is 30.4 Å². The number of rotatable bonds is 12. The van der Waals surface area contributed by atoms with Gasteiger partial charge in [0.05, 0.1) is 33.3 Å². The van der Waals surface area contributed by atoms with Crippen molar-refractivity contribution in [1.29, 1.82) is 0 Å². The molecule has 0 saturated heterocycles. The Labute approximate surface area is 542 Å². The van der Waals surface area contributed by atoms with Crippen LogP contribution < -0.4 is 0 Å². The molecule has 0 spiro atoms. The molecule has 18 rings (SSSR count). The molecule has 0 atom stereocenters. The lowest BCUT2D eigenvalue weighted by Gasteiger charge is -2.34. The third kappa shape index (κ3) is 8.75. The third-order valence-electron chi connectivity index (χ3n) is 19.0. The van der Waals surface area contributed by atoms with Crippen LogP contribution in [0.25, 0.3) is 124 Å². The van der Waals surface area contributed by atoms with Gasteiger partial charge in [-0.25, -0.2) is 9.97 Å². The van der Waals surface area contributed by atoms with Gasteiger partial charge in [-0.1, -0.05) is 243 Å². The number of nitrogens with zero attached hydrogens (tertiary/aromatic N) is 6. The average molecular weight is 1200 g/mol. The van der Waals surface area contributed by atoms with Gasteiger partial charge in [0.1, 0.15) is 0 Å². The molecule has 0 fully saturated rings. The van der Waals surface area contributed by atoms with Crippen molar-refractivity contribution in [3.8, 4) is 113 Å². The molecule has 13 aromatic carbocycles.